The summed E-state index contributed by atoms with van der Waals surface area (Å²) in [6.45, 7) is 2.15. The first-order chi connectivity index (χ1) is 7.13. The molecular formula is C11H15Cl2NO2. The van der Waals surface area contributed by atoms with Crippen LogP contribution in [0.5, 0.6) is 0 Å². The molecule has 0 aliphatic rings. The Bertz CT molecular complexity index is 327. The third kappa shape index (κ3) is 4.84. The summed E-state index contributed by atoms with van der Waals surface area (Å²) in [6, 6.07) is 6.80. The van der Waals surface area contributed by atoms with Crippen LogP contribution < -0.4 is 5.73 Å². The first-order valence-electron chi connectivity index (χ1n) is 4.80. The topological polar surface area (TPSA) is 52.3 Å². The van der Waals surface area contributed by atoms with Crippen LogP contribution in [0.2, 0.25) is 5.02 Å². The molecule has 90 valence electrons. The van der Waals surface area contributed by atoms with Gasteiger partial charge >= 0.3 is 5.97 Å². The Morgan fingerprint density at radius 3 is 2.50 bits per heavy atom. The Labute approximate surface area is 106 Å². The van der Waals surface area contributed by atoms with E-state index in [-0.39, 0.29) is 30.8 Å². The first-order valence-corrected chi connectivity index (χ1v) is 5.18. The van der Waals surface area contributed by atoms with Crippen LogP contribution in [0.4, 0.5) is 0 Å². The lowest BCUT2D eigenvalue weighted by Crippen LogP contribution is -2.17. The van der Waals surface area contributed by atoms with E-state index in [9.17, 15) is 4.79 Å². The molecule has 1 aromatic rings. The molecule has 0 amide bonds. The van der Waals surface area contributed by atoms with Crippen molar-refractivity contribution in [1.29, 1.82) is 0 Å². The highest BCUT2D eigenvalue weighted by Gasteiger charge is 2.11. The average Bonchev–Trinajstić information content (AvgIpc) is 2.18. The van der Waals surface area contributed by atoms with Gasteiger partial charge in [0, 0.05) is 11.1 Å². The molecule has 5 heteroatoms. The van der Waals surface area contributed by atoms with Crippen molar-refractivity contribution in [1.82, 2.24) is 0 Å². The van der Waals surface area contributed by atoms with Gasteiger partial charge in [0.1, 0.15) is 0 Å². The number of carbonyl (C=O) groups excluding carboxylic acids is 1. The van der Waals surface area contributed by atoms with Gasteiger partial charge in [0.25, 0.3) is 0 Å². The normalized spacial score (nSPS) is 11.4. The number of carbonyl (C=O) groups is 1. The molecule has 0 heterocycles. The van der Waals surface area contributed by atoms with Crippen LogP contribution in [0.3, 0.4) is 0 Å². The summed E-state index contributed by atoms with van der Waals surface area (Å²) in [7, 11) is 0. The minimum Gasteiger partial charge on any atom is -0.466 e. The van der Waals surface area contributed by atoms with Gasteiger partial charge < -0.3 is 10.5 Å². The minimum atomic E-state index is -0.332. The summed E-state index contributed by atoms with van der Waals surface area (Å²) < 4.78 is 4.81. The van der Waals surface area contributed by atoms with Crippen LogP contribution in [-0.4, -0.2) is 12.6 Å². The van der Waals surface area contributed by atoms with Crippen molar-refractivity contribution in [3.63, 3.8) is 0 Å². The molecule has 1 atom stereocenters. The number of halogens is 2. The molecule has 1 aromatic carbocycles. The summed E-state index contributed by atoms with van der Waals surface area (Å²) in [5.74, 6) is -0.278. The highest BCUT2D eigenvalue weighted by Crippen LogP contribution is 2.17. The number of ether oxygens (including phenoxy) is 1. The first kappa shape index (κ1) is 15.2. The molecule has 0 bridgehead atoms. The van der Waals surface area contributed by atoms with Crippen molar-refractivity contribution in [2.24, 2.45) is 5.73 Å². The molecule has 0 radical (unpaired) electrons. The van der Waals surface area contributed by atoms with Gasteiger partial charge in [0.15, 0.2) is 0 Å². The number of rotatable bonds is 4. The van der Waals surface area contributed by atoms with Crippen LogP contribution in [0, 0.1) is 0 Å². The zero-order valence-electron chi connectivity index (χ0n) is 8.98. The molecule has 3 nitrogen and oxygen atoms in total. The van der Waals surface area contributed by atoms with Gasteiger partial charge in [-0.15, -0.1) is 12.4 Å². The van der Waals surface area contributed by atoms with Crippen molar-refractivity contribution in [2.75, 3.05) is 6.61 Å². The second kappa shape index (κ2) is 7.49. The Morgan fingerprint density at radius 2 is 2.00 bits per heavy atom. The zero-order valence-corrected chi connectivity index (χ0v) is 10.6. The second-order valence-corrected chi connectivity index (χ2v) is 3.60. The molecule has 0 aromatic heterocycles. The fourth-order valence-electron chi connectivity index (χ4n) is 1.23. The summed E-state index contributed by atoms with van der Waals surface area (Å²) in [5, 5.41) is 0.655. The zero-order chi connectivity index (χ0) is 11.3. The number of esters is 1. The summed E-state index contributed by atoms with van der Waals surface area (Å²) in [5.41, 5.74) is 6.71. The van der Waals surface area contributed by atoms with Gasteiger partial charge in [-0.05, 0) is 24.6 Å². The molecule has 16 heavy (non-hydrogen) atoms. The lowest BCUT2D eigenvalue weighted by molar-refractivity contribution is -0.143. The number of nitrogens with two attached hydrogens (primary N) is 1. The SMILES string of the molecule is CCOC(=O)C[C@H](N)c1ccc(Cl)cc1.Cl. The van der Waals surface area contributed by atoms with E-state index in [0.717, 1.165) is 5.56 Å². The molecule has 0 saturated carbocycles. The van der Waals surface area contributed by atoms with E-state index >= 15 is 0 Å². The number of hydrogen-bond acceptors (Lipinski definition) is 3. The van der Waals surface area contributed by atoms with Gasteiger partial charge in [0.2, 0.25) is 0 Å². The van der Waals surface area contributed by atoms with Crippen molar-refractivity contribution < 1.29 is 9.53 Å². The van der Waals surface area contributed by atoms with Crippen LogP contribution in [0.15, 0.2) is 24.3 Å². The maximum atomic E-state index is 11.2. The third-order valence-electron chi connectivity index (χ3n) is 1.99. The van der Waals surface area contributed by atoms with E-state index in [2.05, 4.69) is 0 Å². The van der Waals surface area contributed by atoms with Gasteiger partial charge in [0.05, 0.1) is 13.0 Å². The molecular weight excluding hydrogens is 249 g/mol. The minimum absolute atomic E-state index is 0. The third-order valence-corrected chi connectivity index (χ3v) is 2.24. The van der Waals surface area contributed by atoms with Crippen LogP contribution in [0.1, 0.15) is 24.9 Å². The van der Waals surface area contributed by atoms with E-state index in [4.69, 9.17) is 22.1 Å². The second-order valence-electron chi connectivity index (χ2n) is 3.17. The van der Waals surface area contributed by atoms with Crippen LogP contribution in [0.25, 0.3) is 0 Å². The van der Waals surface area contributed by atoms with E-state index < -0.39 is 0 Å². The average molecular weight is 264 g/mol. The van der Waals surface area contributed by atoms with E-state index in [1.54, 1.807) is 19.1 Å². The van der Waals surface area contributed by atoms with Crippen molar-refractivity contribution in [3.8, 4) is 0 Å². The van der Waals surface area contributed by atoms with Crippen LogP contribution >= 0.6 is 24.0 Å². The molecule has 0 spiro atoms. The maximum absolute atomic E-state index is 11.2. The summed E-state index contributed by atoms with van der Waals surface area (Å²) in [4.78, 5) is 11.2. The predicted molar refractivity (Wildman–Crippen MR) is 66.9 cm³/mol. The Kier molecular flexibility index (Phi) is 7.13. The maximum Gasteiger partial charge on any atom is 0.307 e. The van der Waals surface area contributed by atoms with Gasteiger partial charge in [-0.1, -0.05) is 23.7 Å². The van der Waals surface area contributed by atoms with Gasteiger partial charge in [-0.25, -0.2) is 0 Å². The molecule has 1 rings (SSSR count). The highest BCUT2D eigenvalue weighted by molar-refractivity contribution is 6.30. The predicted octanol–water partition coefficient (Wildman–Crippen LogP) is 2.71. The van der Waals surface area contributed by atoms with Gasteiger partial charge in [-0.2, -0.15) is 0 Å². The summed E-state index contributed by atoms with van der Waals surface area (Å²) in [6.07, 6.45) is 0.190. The molecule has 0 aliphatic carbocycles. The highest BCUT2D eigenvalue weighted by atomic mass is 35.5. The van der Waals surface area contributed by atoms with Crippen molar-refractivity contribution in [2.45, 2.75) is 19.4 Å². The van der Waals surface area contributed by atoms with Crippen molar-refractivity contribution in [3.05, 3.63) is 34.9 Å². The fourth-order valence-corrected chi connectivity index (χ4v) is 1.35. The number of benzene rings is 1. The van der Waals surface area contributed by atoms with E-state index in [0.29, 0.717) is 11.6 Å². The van der Waals surface area contributed by atoms with Crippen LogP contribution in [-0.2, 0) is 9.53 Å². The summed E-state index contributed by atoms with van der Waals surface area (Å²) >= 11 is 5.74. The number of hydrogen-bond donors (Lipinski definition) is 1. The van der Waals surface area contributed by atoms with Crippen molar-refractivity contribution >= 4 is 30.0 Å². The molecule has 0 saturated heterocycles. The monoisotopic (exact) mass is 263 g/mol. The Morgan fingerprint density at radius 1 is 1.44 bits per heavy atom. The van der Waals surface area contributed by atoms with E-state index in [1.807, 2.05) is 12.1 Å². The smallest absolute Gasteiger partial charge is 0.307 e. The molecule has 2 N–H and O–H groups in total. The Hall–Kier alpha value is -0.770. The molecule has 0 unspecified atom stereocenters. The fraction of sp³-hybridized carbons (Fsp3) is 0.364. The quantitative estimate of drug-likeness (QED) is 0.850. The molecule has 0 aliphatic heterocycles. The van der Waals surface area contributed by atoms with Gasteiger partial charge in [-0.3, -0.25) is 4.79 Å². The molecule has 0 fully saturated rings. The lowest BCUT2D eigenvalue weighted by atomic mass is 10.1. The Balaban J connectivity index is 0.00000225. The van der Waals surface area contributed by atoms with E-state index in [1.165, 1.54) is 0 Å². The largest absolute Gasteiger partial charge is 0.466 e. The standard InChI is InChI=1S/C11H14ClNO2.ClH/c1-2-15-11(14)7-10(13)8-3-5-9(12)6-4-8;/h3-6,10H,2,7,13H2,1H3;1H/t10-;/m0./s1. The lowest BCUT2D eigenvalue weighted by Gasteiger charge is -2.10.